The van der Waals surface area contributed by atoms with Crippen LogP contribution >= 0.6 is 0 Å². The molecule has 1 saturated carbocycles. The van der Waals surface area contributed by atoms with Crippen molar-refractivity contribution >= 4 is 20.0 Å². The number of aryl methyl sites for hydroxylation is 4. The fourth-order valence-electron chi connectivity index (χ4n) is 4.14. The van der Waals surface area contributed by atoms with E-state index in [1.807, 2.05) is 26.0 Å². The number of benzene rings is 2. The highest BCUT2D eigenvalue weighted by Gasteiger charge is 2.33. The number of hydrogen-bond acceptors (Lipinski definition) is 4. The standard InChI is InChI=1S/C22H30N2O4S2/c1-15-9-11-21(17(3)13-15)29(25,26)23-19-7-5-6-8-20(19)24-30(27,28)22-12-10-16(2)14-18(22)4/h9-14,19-20,23-24H,5-8H2,1-4H3/t19-,20-/m0/s1. The van der Waals surface area contributed by atoms with Gasteiger partial charge in [0.1, 0.15) is 0 Å². The summed E-state index contributed by atoms with van der Waals surface area (Å²) in [7, 11) is -7.52. The van der Waals surface area contributed by atoms with E-state index in [9.17, 15) is 16.8 Å². The molecule has 0 saturated heterocycles. The van der Waals surface area contributed by atoms with Gasteiger partial charge < -0.3 is 0 Å². The average molecular weight is 451 g/mol. The molecule has 2 atom stereocenters. The van der Waals surface area contributed by atoms with Crippen LogP contribution in [0.1, 0.15) is 47.9 Å². The Hall–Kier alpha value is -1.74. The Labute approximate surface area is 180 Å². The molecule has 1 aliphatic rings. The molecule has 0 aromatic heterocycles. The Morgan fingerprint density at radius 1 is 0.667 bits per heavy atom. The molecule has 0 bridgehead atoms. The second kappa shape index (κ2) is 8.78. The van der Waals surface area contributed by atoms with E-state index in [0.717, 1.165) is 24.0 Å². The van der Waals surface area contributed by atoms with Crippen molar-refractivity contribution in [1.29, 1.82) is 0 Å². The largest absolute Gasteiger partial charge is 0.241 e. The third kappa shape index (κ3) is 5.11. The lowest BCUT2D eigenvalue weighted by Gasteiger charge is -2.32. The van der Waals surface area contributed by atoms with E-state index in [1.54, 1.807) is 38.1 Å². The molecule has 8 heteroatoms. The molecule has 2 N–H and O–H groups in total. The number of hydrogen-bond donors (Lipinski definition) is 2. The van der Waals surface area contributed by atoms with E-state index in [2.05, 4.69) is 9.44 Å². The highest BCUT2D eigenvalue weighted by Crippen LogP contribution is 2.25. The van der Waals surface area contributed by atoms with Crippen LogP contribution in [0.5, 0.6) is 0 Å². The van der Waals surface area contributed by atoms with Gasteiger partial charge in [0, 0.05) is 12.1 Å². The second-order valence-corrected chi connectivity index (χ2v) is 11.6. The maximum atomic E-state index is 13.0. The van der Waals surface area contributed by atoms with Gasteiger partial charge in [0.05, 0.1) is 9.79 Å². The van der Waals surface area contributed by atoms with E-state index >= 15 is 0 Å². The molecule has 2 aromatic carbocycles. The van der Waals surface area contributed by atoms with Crippen LogP contribution in [0.15, 0.2) is 46.2 Å². The van der Waals surface area contributed by atoms with Crippen molar-refractivity contribution in [2.24, 2.45) is 0 Å². The fraction of sp³-hybridized carbons (Fsp3) is 0.455. The van der Waals surface area contributed by atoms with Crippen molar-refractivity contribution in [3.63, 3.8) is 0 Å². The van der Waals surface area contributed by atoms with E-state index in [1.165, 1.54) is 0 Å². The Bertz CT molecular complexity index is 1050. The lowest BCUT2D eigenvalue weighted by Crippen LogP contribution is -2.53. The minimum absolute atomic E-state index is 0.231. The van der Waals surface area contributed by atoms with Gasteiger partial charge in [-0.1, -0.05) is 48.2 Å². The molecular weight excluding hydrogens is 420 g/mol. The molecular formula is C22H30N2O4S2. The highest BCUT2D eigenvalue weighted by molar-refractivity contribution is 7.90. The zero-order valence-corrected chi connectivity index (χ0v) is 19.5. The monoisotopic (exact) mass is 450 g/mol. The summed E-state index contributed by atoms with van der Waals surface area (Å²) in [6, 6.07) is 9.40. The molecule has 0 radical (unpaired) electrons. The van der Waals surface area contributed by atoms with Gasteiger partial charge in [-0.3, -0.25) is 0 Å². The smallest absolute Gasteiger partial charge is 0.207 e. The predicted molar refractivity (Wildman–Crippen MR) is 119 cm³/mol. The summed E-state index contributed by atoms with van der Waals surface area (Å²) in [5, 5.41) is 0. The number of nitrogens with one attached hydrogen (secondary N) is 2. The molecule has 30 heavy (non-hydrogen) atoms. The Morgan fingerprint density at radius 2 is 1.03 bits per heavy atom. The molecule has 0 spiro atoms. The first-order chi connectivity index (χ1) is 14.0. The van der Waals surface area contributed by atoms with E-state index in [0.29, 0.717) is 24.0 Å². The van der Waals surface area contributed by atoms with Crippen LogP contribution in [0.3, 0.4) is 0 Å². The van der Waals surface area contributed by atoms with Gasteiger partial charge >= 0.3 is 0 Å². The maximum Gasteiger partial charge on any atom is 0.241 e. The molecule has 2 aromatic rings. The zero-order chi connectivity index (χ0) is 22.1. The SMILES string of the molecule is Cc1ccc(S(=O)(=O)N[C@H]2CCCC[C@@H]2NS(=O)(=O)c2ccc(C)cc2C)c(C)c1. The average Bonchev–Trinajstić information content (AvgIpc) is 2.62. The first-order valence-corrected chi connectivity index (χ1v) is 13.2. The summed E-state index contributed by atoms with van der Waals surface area (Å²) in [5.41, 5.74) is 3.32. The van der Waals surface area contributed by atoms with E-state index in [-0.39, 0.29) is 9.79 Å². The summed E-state index contributed by atoms with van der Waals surface area (Å²) >= 11 is 0. The number of sulfonamides is 2. The minimum atomic E-state index is -3.76. The van der Waals surface area contributed by atoms with Crippen molar-refractivity contribution in [3.8, 4) is 0 Å². The van der Waals surface area contributed by atoms with Gasteiger partial charge in [0.2, 0.25) is 20.0 Å². The minimum Gasteiger partial charge on any atom is -0.207 e. The highest BCUT2D eigenvalue weighted by atomic mass is 32.2. The normalized spacial score (nSPS) is 20.3. The number of rotatable bonds is 6. The van der Waals surface area contributed by atoms with Crippen LogP contribution in [0.2, 0.25) is 0 Å². The van der Waals surface area contributed by atoms with Crippen LogP contribution < -0.4 is 9.44 Å². The molecule has 6 nitrogen and oxygen atoms in total. The van der Waals surface area contributed by atoms with Crippen molar-refractivity contribution in [2.45, 2.75) is 75.3 Å². The third-order valence-corrected chi connectivity index (χ3v) is 8.92. The van der Waals surface area contributed by atoms with Crippen molar-refractivity contribution in [1.82, 2.24) is 9.44 Å². The molecule has 0 unspecified atom stereocenters. The van der Waals surface area contributed by atoms with E-state index < -0.39 is 32.1 Å². The molecule has 1 fully saturated rings. The Morgan fingerprint density at radius 3 is 1.37 bits per heavy atom. The van der Waals surface area contributed by atoms with Crippen LogP contribution in [-0.4, -0.2) is 28.9 Å². The van der Waals surface area contributed by atoms with Gasteiger partial charge in [0.25, 0.3) is 0 Å². The van der Waals surface area contributed by atoms with Crippen molar-refractivity contribution in [2.75, 3.05) is 0 Å². The molecule has 164 valence electrons. The van der Waals surface area contributed by atoms with Crippen LogP contribution in [0, 0.1) is 27.7 Å². The van der Waals surface area contributed by atoms with Gasteiger partial charge in [-0.05, 0) is 63.8 Å². The van der Waals surface area contributed by atoms with Crippen molar-refractivity contribution in [3.05, 3.63) is 58.7 Å². The van der Waals surface area contributed by atoms with Gasteiger partial charge in [0.15, 0.2) is 0 Å². The topological polar surface area (TPSA) is 92.3 Å². The first-order valence-electron chi connectivity index (χ1n) is 10.2. The molecule has 3 rings (SSSR count). The Balaban J connectivity index is 1.84. The Kier molecular flexibility index (Phi) is 6.72. The first kappa shape index (κ1) is 22.9. The molecule has 0 aliphatic heterocycles. The summed E-state index contributed by atoms with van der Waals surface area (Å²) < 4.78 is 57.6. The van der Waals surface area contributed by atoms with Crippen LogP contribution in [-0.2, 0) is 20.0 Å². The lowest BCUT2D eigenvalue weighted by molar-refractivity contribution is 0.340. The van der Waals surface area contributed by atoms with Crippen LogP contribution in [0.4, 0.5) is 0 Å². The third-order valence-electron chi connectivity index (χ3n) is 5.62. The fourth-order valence-corrected chi connectivity index (χ4v) is 7.22. The van der Waals surface area contributed by atoms with Gasteiger partial charge in [-0.15, -0.1) is 0 Å². The molecule has 0 amide bonds. The summed E-state index contributed by atoms with van der Waals surface area (Å²) in [6.07, 6.45) is 2.87. The van der Waals surface area contributed by atoms with Gasteiger partial charge in [-0.2, -0.15) is 0 Å². The molecule has 0 heterocycles. The van der Waals surface area contributed by atoms with Gasteiger partial charge in [-0.25, -0.2) is 26.3 Å². The summed E-state index contributed by atoms with van der Waals surface area (Å²) in [4.78, 5) is 0.462. The second-order valence-electron chi connectivity index (χ2n) is 8.28. The maximum absolute atomic E-state index is 13.0. The van der Waals surface area contributed by atoms with Crippen LogP contribution in [0.25, 0.3) is 0 Å². The summed E-state index contributed by atoms with van der Waals surface area (Å²) in [6.45, 7) is 7.36. The zero-order valence-electron chi connectivity index (χ0n) is 17.9. The lowest BCUT2D eigenvalue weighted by atomic mass is 9.92. The van der Waals surface area contributed by atoms with E-state index in [4.69, 9.17) is 0 Å². The molecule has 1 aliphatic carbocycles. The predicted octanol–water partition coefficient (Wildman–Crippen LogP) is 3.49. The summed E-state index contributed by atoms with van der Waals surface area (Å²) in [5.74, 6) is 0. The van der Waals surface area contributed by atoms with Crippen molar-refractivity contribution < 1.29 is 16.8 Å². The quantitative estimate of drug-likeness (QED) is 0.705.